The second-order valence-corrected chi connectivity index (χ2v) is 7.45. The molecule has 1 fully saturated rings. The van der Waals surface area contributed by atoms with Gasteiger partial charge in [-0.25, -0.2) is 0 Å². The zero-order valence-corrected chi connectivity index (χ0v) is 15.2. The van der Waals surface area contributed by atoms with Gasteiger partial charge in [0.15, 0.2) is 0 Å². The summed E-state index contributed by atoms with van der Waals surface area (Å²) in [6, 6.07) is 0. The van der Waals surface area contributed by atoms with Crippen molar-refractivity contribution in [2.75, 3.05) is 13.1 Å². The standard InChI is InChI=1S/C20H41NO/c1-2-3-4-5-6-7-8-9-10-11-15-18-21(22)19-20-16-13-12-14-17-20/h20,22H,2-19H2,1H3. The Kier molecular flexibility index (Phi) is 13.2. The van der Waals surface area contributed by atoms with Gasteiger partial charge in [0.1, 0.15) is 0 Å². The Morgan fingerprint density at radius 1 is 0.727 bits per heavy atom. The Morgan fingerprint density at radius 2 is 1.23 bits per heavy atom. The van der Waals surface area contributed by atoms with Crippen LogP contribution < -0.4 is 0 Å². The molecule has 0 spiro atoms. The maximum absolute atomic E-state index is 9.98. The first kappa shape index (κ1) is 20.0. The van der Waals surface area contributed by atoms with Crippen LogP contribution in [0.1, 0.15) is 110 Å². The normalized spacial score (nSPS) is 16.5. The topological polar surface area (TPSA) is 23.5 Å². The maximum atomic E-state index is 9.98. The van der Waals surface area contributed by atoms with E-state index < -0.39 is 0 Å². The summed E-state index contributed by atoms with van der Waals surface area (Å²) < 4.78 is 0. The smallest absolute Gasteiger partial charge is 0.0266 e. The fourth-order valence-corrected chi connectivity index (χ4v) is 3.72. The third kappa shape index (κ3) is 11.5. The molecule has 0 aromatic carbocycles. The predicted octanol–water partition coefficient (Wildman–Crippen LogP) is 6.57. The van der Waals surface area contributed by atoms with E-state index in [9.17, 15) is 5.21 Å². The van der Waals surface area contributed by atoms with Crippen LogP contribution in [0.25, 0.3) is 0 Å². The van der Waals surface area contributed by atoms with Crippen molar-refractivity contribution in [3.05, 3.63) is 0 Å². The lowest BCUT2D eigenvalue weighted by atomic mass is 9.89. The van der Waals surface area contributed by atoms with Crippen LogP contribution in [0.2, 0.25) is 0 Å². The fraction of sp³-hybridized carbons (Fsp3) is 1.00. The predicted molar refractivity (Wildman–Crippen MR) is 96.4 cm³/mol. The minimum Gasteiger partial charge on any atom is -0.314 e. The lowest BCUT2D eigenvalue weighted by Gasteiger charge is -2.25. The minimum atomic E-state index is 0.756. The number of hydrogen-bond donors (Lipinski definition) is 1. The number of rotatable bonds is 14. The van der Waals surface area contributed by atoms with Crippen molar-refractivity contribution in [2.45, 2.75) is 110 Å². The van der Waals surface area contributed by atoms with Crippen LogP contribution in [-0.2, 0) is 0 Å². The molecule has 0 bridgehead atoms. The van der Waals surface area contributed by atoms with Gasteiger partial charge in [-0.05, 0) is 25.2 Å². The van der Waals surface area contributed by atoms with E-state index in [1.54, 1.807) is 5.06 Å². The van der Waals surface area contributed by atoms with Crippen molar-refractivity contribution >= 4 is 0 Å². The highest BCUT2D eigenvalue weighted by atomic mass is 16.5. The zero-order valence-electron chi connectivity index (χ0n) is 15.2. The average molecular weight is 312 g/mol. The summed E-state index contributed by atoms with van der Waals surface area (Å²) in [7, 11) is 0. The van der Waals surface area contributed by atoms with Gasteiger partial charge in [0.2, 0.25) is 0 Å². The minimum absolute atomic E-state index is 0.756. The highest BCUT2D eigenvalue weighted by molar-refractivity contribution is 4.67. The number of hydroxylamine groups is 2. The molecule has 2 heteroatoms. The highest BCUT2D eigenvalue weighted by Crippen LogP contribution is 2.24. The van der Waals surface area contributed by atoms with Crippen LogP contribution in [0.4, 0.5) is 0 Å². The van der Waals surface area contributed by atoms with Gasteiger partial charge >= 0.3 is 0 Å². The van der Waals surface area contributed by atoms with E-state index in [0.717, 1.165) is 19.0 Å². The van der Waals surface area contributed by atoms with E-state index in [2.05, 4.69) is 6.92 Å². The van der Waals surface area contributed by atoms with E-state index in [0.29, 0.717) is 0 Å². The Balaban J connectivity index is 1.78. The van der Waals surface area contributed by atoms with Gasteiger partial charge in [0, 0.05) is 13.1 Å². The molecule has 1 aliphatic rings. The Bertz CT molecular complexity index is 226. The van der Waals surface area contributed by atoms with Crippen LogP contribution in [0.5, 0.6) is 0 Å². The quantitative estimate of drug-likeness (QED) is 0.290. The number of unbranched alkanes of at least 4 members (excludes halogenated alkanes) is 10. The first-order valence-electron chi connectivity index (χ1n) is 10.3. The van der Waals surface area contributed by atoms with E-state index in [-0.39, 0.29) is 0 Å². The average Bonchev–Trinajstić information content (AvgIpc) is 2.53. The zero-order chi connectivity index (χ0) is 15.9. The molecule has 132 valence electrons. The molecule has 0 atom stereocenters. The summed E-state index contributed by atoms with van der Waals surface area (Å²) in [5, 5.41) is 11.6. The SMILES string of the molecule is CCCCCCCCCCCCCN(O)CC1CCCCC1. The Labute approximate surface area is 139 Å². The van der Waals surface area contributed by atoms with E-state index in [4.69, 9.17) is 0 Å². The lowest BCUT2D eigenvalue weighted by molar-refractivity contribution is -0.105. The molecule has 0 saturated heterocycles. The summed E-state index contributed by atoms with van der Waals surface area (Å²) in [5.41, 5.74) is 0. The van der Waals surface area contributed by atoms with Gasteiger partial charge in [0.25, 0.3) is 0 Å². The Morgan fingerprint density at radius 3 is 1.77 bits per heavy atom. The molecule has 1 rings (SSSR count). The van der Waals surface area contributed by atoms with Crippen LogP contribution in [-0.4, -0.2) is 23.4 Å². The molecule has 22 heavy (non-hydrogen) atoms. The first-order valence-corrected chi connectivity index (χ1v) is 10.3. The molecule has 0 unspecified atom stereocenters. The maximum Gasteiger partial charge on any atom is 0.0266 e. The molecular formula is C20H41NO. The summed E-state index contributed by atoms with van der Waals surface area (Å²) in [6.07, 6.45) is 21.9. The van der Waals surface area contributed by atoms with E-state index in [1.807, 2.05) is 0 Å². The molecule has 0 radical (unpaired) electrons. The lowest BCUT2D eigenvalue weighted by Crippen LogP contribution is -2.28. The second-order valence-electron chi connectivity index (χ2n) is 7.45. The molecule has 1 saturated carbocycles. The fourth-order valence-electron chi connectivity index (χ4n) is 3.72. The molecule has 2 nitrogen and oxygen atoms in total. The van der Waals surface area contributed by atoms with Gasteiger partial charge < -0.3 is 5.21 Å². The number of nitrogens with zero attached hydrogens (tertiary/aromatic N) is 1. The van der Waals surface area contributed by atoms with Crippen LogP contribution >= 0.6 is 0 Å². The van der Waals surface area contributed by atoms with Crippen molar-refractivity contribution in [3.8, 4) is 0 Å². The van der Waals surface area contributed by atoms with Crippen LogP contribution in [0.3, 0.4) is 0 Å². The highest BCUT2D eigenvalue weighted by Gasteiger charge is 2.15. The van der Waals surface area contributed by atoms with Gasteiger partial charge in [0.05, 0.1) is 0 Å². The van der Waals surface area contributed by atoms with Crippen molar-refractivity contribution in [1.29, 1.82) is 0 Å². The first-order chi connectivity index (χ1) is 10.8. The molecule has 0 amide bonds. The van der Waals surface area contributed by atoms with E-state index in [1.165, 1.54) is 103 Å². The van der Waals surface area contributed by atoms with Crippen LogP contribution in [0, 0.1) is 5.92 Å². The molecule has 1 aliphatic carbocycles. The summed E-state index contributed by atoms with van der Waals surface area (Å²) >= 11 is 0. The van der Waals surface area contributed by atoms with Gasteiger partial charge in [-0.2, -0.15) is 5.06 Å². The third-order valence-electron chi connectivity index (χ3n) is 5.21. The van der Waals surface area contributed by atoms with E-state index >= 15 is 0 Å². The van der Waals surface area contributed by atoms with Crippen molar-refractivity contribution < 1.29 is 5.21 Å². The molecule has 0 aromatic heterocycles. The summed E-state index contributed by atoms with van der Waals surface area (Å²) in [6.45, 7) is 4.08. The molecule has 0 heterocycles. The summed E-state index contributed by atoms with van der Waals surface area (Å²) in [4.78, 5) is 0. The largest absolute Gasteiger partial charge is 0.314 e. The van der Waals surface area contributed by atoms with Gasteiger partial charge in [-0.3, -0.25) is 0 Å². The third-order valence-corrected chi connectivity index (χ3v) is 5.21. The second kappa shape index (κ2) is 14.5. The van der Waals surface area contributed by atoms with Crippen molar-refractivity contribution in [2.24, 2.45) is 5.92 Å². The molecular weight excluding hydrogens is 270 g/mol. The molecule has 0 aromatic rings. The number of hydrogen-bond acceptors (Lipinski definition) is 2. The van der Waals surface area contributed by atoms with Crippen LogP contribution in [0.15, 0.2) is 0 Å². The van der Waals surface area contributed by atoms with Gasteiger partial charge in [-0.15, -0.1) is 0 Å². The van der Waals surface area contributed by atoms with Crippen molar-refractivity contribution in [3.63, 3.8) is 0 Å². The summed E-state index contributed by atoms with van der Waals surface area (Å²) in [5.74, 6) is 0.756. The van der Waals surface area contributed by atoms with Gasteiger partial charge in [-0.1, -0.05) is 90.4 Å². The van der Waals surface area contributed by atoms with Crippen molar-refractivity contribution in [1.82, 2.24) is 5.06 Å². The molecule has 0 aliphatic heterocycles. The Hall–Kier alpha value is -0.0800. The molecule has 1 N–H and O–H groups in total. The monoisotopic (exact) mass is 311 g/mol.